The standard InChI is InChI=1S/C21H21FN4O/c22-17-9-4-8-16(12-17)21(27)23-18-10-5-11-26(14-18)20-13-19(24-25-20)15-6-2-1-3-7-15/h1-4,6-9,12-13,18H,5,10-11,14H2,(H,23,27)(H,24,25). The molecule has 0 spiro atoms. The fourth-order valence-corrected chi connectivity index (χ4v) is 3.44. The van der Waals surface area contributed by atoms with Gasteiger partial charge in [0, 0.05) is 30.8 Å². The van der Waals surface area contributed by atoms with E-state index in [1.165, 1.54) is 12.1 Å². The number of anilines is 1. The Labute approximate surface area is 157 Å². The minimum absolute atomic E-state index is 0.00592. The van der Waals surface area contributed by atoms with Gasteiger partial charge < -0.3 is 10.2 Å². The molecule has 0 radical (unpaired) electrons. The molecule has 1 aromatic heterocycles. The Kier molecular flexibility index (Phi) is 4.87. The average Bonchev–Trinajstić information content (AvgIpc) is 3.19. The first-order valence-electron chi connectivity index (χ1n) is 9.11. The van der Waals surface area contributed by atoms with Crippen molar-refractivity contribution < 1.29 is 9.18 Å². The van der Waals surface area contributed by atoms with Crippen molar-refractivity contribution in [1.29, 1.82) is 0 Å². The van der Waals surface area contributed by atoms with Crippen molar-refractivity contribution in [1.82, 2.24) is 15.5 Å². The van der Waals surface area contributed by atoms with E-state index >= 15 is 0 Å². The Balaban J connectivity index is 1.42. The van der Waals surface area contributed by atoms with E-state index in [-0.39, 0.29) is 11.9 Å². The molecule has 4 rings (SSSR count). The molecule has 1 unspecified atom stereocenters. The van der Waals surface area contributed by atoms with E-state index in [0.717, 1.165) is 36.5 Å². The van der Waals surface area contributed by atoms with Crippen molar-refractivity contribution in [2.45, 2.75) is 18.9 Å². The third kappa shape index (κ3) is 4.00. The number of H-pyrrole nitrogens is 1. The summed E-state index contributed by atoms with van der Waals surface area (Å²) in [5, 5.41) is 10.5. The van der Waals surface area contributed by atoms with Crippen LogP contribution in [0.5, 0.6) is 0 Å². The fourth-order valence-electron chi connectivity index (χ4n) is 3.44. The normalized spacial score (nSPS) is 16.9. The first-order valence-corrected chi connectivity index (χ1v) is 9.11. The molecule has 2 N–H and O–H groups in total. The van der Waals surface area contributed by atoms with E-state index in [4.69, 9.17) is 0 Å². The van der Waals surface area contributed by atoms with Gasteiger partial charge in [-0.2, -0.15) is 5.10 Å². The van der Waals surface area contributed by atoms with Crippen molar-refractivity contribution in [3.8, 4) is 11.3 Å². The molecule has 2 heterocycles. The van der Waals surface area contributed by atoms with Gasteiger partial charge in [0.25, 0.3) is 5.91 Å². The first kappa shape index (κ1) is 17.3. The molecular formula is C21H21FN4O. The maximum atomic E-state index is 13.3. The zero-order valence-corrected chi connectivity index (χ0v) is 14.9. The molecule has 1 aliphatic rings. The third-order valence-corrected chi connectivity index (χ3v) is 4.82. The maximum absolute atomic E-state index is 13.3. The van der Waals surface area contributed by atoms with Crippen LogP contribution in [0.4, 0.5) is 10.2 Å². The molecule has 6 heteroatoms. The van der Waals surface area contributed by atoms with Crippen LogP contribution < -0.4 is 10.2 Å². The van der Waals surface area contributed by atoms with Gasteiger partial charge in [-0.15, -0.1) is 0 Å². The maximum Gasteiger partial charge on any atom is 0.251 e. The van der Waals surface area contributed by atoms with E-state index in [2.05, 4.69) is 20.4 Å². The number of rotatable bonds is 4. The van der Waals surface area contributed by atoms with Crippen molar-refractivity contribution in [2.75, 3.05) is 18.0 Å². The molecule has 0 aliphatic carbocycles. The molecule has 27 heavy (non-hydrogen) atoms. The highest BCUT2D eigenvalue weighted by Crippen LogP contribution is 2.24. The second kappa shape index (κ2) is 7.61. The highest BCUT2D eigenvalue weighted by molar-refractivity contribution is 5.94. The molecule has 0 bridgehead atoms. The summed E-state index contributed by atoms with van der Waals surface area (Å²) in [7, 11) is 0. The minimum atomic E-state index is -0.405. The number of amides is 1. The smallest absolute Gasteiger partial charge is 0.251 e. The van der Waals surface area contributed by atoms with Gasteiger partial charge in [-0.3, -0.25) is 9.89 Å². The van der Waals surface area contributed by atoms with Gasteiger partial charge in [-0.1, -0.05) is 36.4 Å². The van der Waals surface area contributed by atoms with Crippen molar-refractivity contribution in [3.63, 3.8) is 0 Å². The van der Waals surface area contributed by atoms with E-state index in [1.807, 2.05) is 36.4 Å². The van der Waals surface area contributed by atoms with Crippen LogP contribution in [0, 0.1) is 5.82 Å². The summed E-state index contributed by atoms with van der Waals surface area (Å²) in [6.07, 6.45) is 1.86. The molecule has 1 amide bonds. The van der Waals surface area contributed by atoms with E-state index in [9.17, 15) is 9.18 Å². The van der Waals surface area contributed by atoms with Gasteiger partial charge >= 0.3 is 0 Å². The monoisotopic (exact) mass is 364 g/mol. The summed E-state index contributed by atoms with van der Waals surface area (Å²) in [6.45, 7) is 1.57. The summed E-state index contributed by atoms with van der Waals surface area (Å²) in [6, 6.07) is 17.9. The lowest BCUT2D eigenvalue weighted by Crippen LogP contribution is -2.48. The quantitative estimate of drug-likeness (QED) is 0.743. The Morgan fingerprint density at radius 3 is 2.81 bits per heavy atom. The molecule has 5 nitrogen and oxygen atoms in total. The summed E-state index contributed by atoms with van der Waals surface area (Å²) in [5.74, 6) is 0.227. The molecule has 138 valence electrons. The van der Waals surface area contributed by atoms with E-state index in [1.54, 1.807) is 12.1 Å². The molecule has 1 saturated heterocycles. The summed E-state index contributed by atoms with van der Waals surface area (Å²) < 4.78 is 13.3. The summed E-state index contributed by atoms with van der Waals surface area (Å²) >= 11 is 0. The molecule has 0 saturated carbocycles. The second-order valence-corrected chi connectivity index (χ2v) is 6.77. The predicted octanol–water partition coefficient (Wildman–Crippen LogP) is 3.61. The second-order valence-electron chi connectivity index (χ2n) is 6.77. The lowest BCUT2D eigenvalue weighted by atomic mass is 10.0. The van der Waals surface area contributed by atoms with Crippen LogP contribution >= 0.6 is 0 Å². The van der Waals surface area contributed by atoms with Gasteiger partial charge in [0.2, 0.25) is 0 Å². The summed E-state index contributed by atoms with van der Waals surface area (Å²) in [5.41, 5.74) is 2.40. The van der Waals surface area contributed by atoms with Gasteiger partial charge in [0.1, 0.15) is 5.82 Å². The number of piperidine rings is 1. The van der Waals surface area contributed by atoms with Crippen LogP contribution in [0.15, 0.2) is 60.7 Å². The molecule has 1 fully saturated rings. The van der Waals surface area contributed by atoms with Crippen molar-refractivity contribution >= 4 is 11.7 Å². The topological polar surface area (TPSA) is 61.0 Å². The SMILES string of the molecule is O=C(NC1CCCN(c2cc(-c3ccccc3)[nH]n2)C1)c1cccc(F)c1. The number of hydrogen-bond acceptors (Lipinski definition) is 3. The Hall–Kier alpha value is -3.15. The first-order chi connectivity index (χ1) is 13.2. The van der Waals surface area contributed by atoms with Crippen LogP contribution in [0.3, 0.4) is 0 Å². The fraction of sp³-hybridized carbons (Fsp3) is 0.238. The number of aromatic amines is 1. The Morgan fingerprint density at radius 1 is 1.15 bits per heavy atom. The van der Waals surface area contributed by atoms with Crippen LogP contribution in [-0.2, 0) is 0 Å². The lowest BCUT2D eigenvalue weighted by Gasteiger charge is -2.33. The van der Waals surface area contributed by atoms with Gasteiger partial charge in [0.15, 0.2) is 5.82 Å². The minimum Gasteiger partial charge on any atom is -0.353 e. The number of aromatic nitrogens is 2. The third-order valence-electron chi connectivity index (χ3n) is 4.82. The van der Waals surface area contributed by atoms with E-state index in [0.29, 0.717) is 12.1 Å². The molecule has 1 aliphatic heterocycles. The largest absolute Gasteiger partial charge is 0.353 e. The highest BCUT2D eigenvalue weighted by atomic mass is 19.1. The number of carbonyl (C=O) groups is 1. The zero-order valence-electron chi connectivity index (χ0n) is 14.9. The zero-order chi connectivity index (χ0) is 18.6. The number of halogens is 1. The van der Waals surface area contributed by atoms with Crippen LogP contribution in [0.1, 0.15) is 23.2 Å². The Bertz CT molecular complexity index is 925. The van der Waals surface area contributed by atoms with E-state index < -0.39 is 5.82 Å². The van der Waals surface area contributed by atoms with Crippen LogP contribution in [0.25, 0.3) is 11.3 Å². The molecule has 2 aromatic carbocycles. The number of carbonyl (C=O) groups excluding carboxylic acids is 1. The number of benzene rings is 2. The Morgan fingerprint density at radius 2 is 2.00 bits per heavy atom. The number of hydrogen-bond donors (Lipinski definition) is 2. The van der Waals surface area contributed by atoms with Crippen molar-refractivity contribution in [2.24, 2.45) is 0 Å². The summed E-state index contributed by atoms with van der Waals surface area (Å²) in [4.78, 5) is 14.5. The van der Waals surface area contributed by atoms with Crippen LogP contribution in [0.2, 0.25) is 0 Å². The van der Waals surface area contributed by atoms with Gasteiger partial charge in [0.05, 0.1) is 5.69 Å². The van der Waals surface area contributed by atoms with Crippen molar-refractivity contribution in [3.05, 3.63) is 72.0 Å². The number of nitrogens with zero attached hydrogens (tertiary/aromatic N) is 2. The molecular weight excluding hydrogens is 343 g/mol. The van der Waals surface area contributed by atoms with Crippen LogP contribution in [-0.4, -0.2) is 35.2 Å². The predicted molar refractivity (Wildman–Crippen MR) is 103 cm³/mol. The lowest BCUT2D eigenvalue weighted by molar-refractivity contribution is 0.0932. The highest BCUT2D eigenvalue weighted by Gasteiger charge is 2.23. The van der Waals surface area contributed by atoms with Gasteiger partial charge in [-0.05, 0) is 36.6 Å². The number of nitrogens with one attached hydrogen (secondary N) is 2. The average molecular weight is 364 g/mol. The van der Waals surface area contributed by atoms with Gasteiger partial charge in [-0.25, -0.2) is 4.39 Å². The molecule has 1 atom stereocenters. The molecule has 3 aromatic rings.